The second-order valence-corrected chi connectivity index (χ2v) is 5.43. The van der Waals surface area contributed by atoms with Crippen LogP contribution >= 0.6 is 15.9 Å². The quantitative estimate of drug-likeness (QED) is 0.686. The van der Waals surface area contributed by atoms with Crippen LogP contribution < -0.4 is 0 Å². The standard InChI is InChI=1S/C14H13BrN6/c1-10-7-11(2)21(19-10)14-18-16-9-20(14)17-8-12-5-3-4-6-13(12)15/h3-9H,1-2H3. The molecule has 0 aliphatic rings. The summed E-state index contributed by atoms with van der Waals surface area (Å²) in [5.74, 6) is 0.559. The average molecular weight is 345 g/mol. The molecule has 0 N–H and O–H groups in total. The highest BCUT2D eigenvalue weighted by atomic mass is 79.9. The highest BCUT2D eigenvalue weighted by Crippen LogP contribution is 2.14. The molecular weight excluding hydrogens is 332 g/mol. The Hall–Kier alpha value is -2.28. The van der Waals surface area contributed by atoms with Gasteiger partial charge in [-0.3, -0.25) is 0 Å². The largest absolute Gasteiger partial charge is 0.273 e. The van der Waals surface area contributed by atoms with E-state index in [1.165, 1.54) is 0 Å². The van der Waals surface area contributed by atoms with E-state index in [9.17, 15) is 0 Å². The highest BCUT2D eigenvalue weighted by molar-refractivity contribution is 9.10. The summed E-state index contributed by atoms with van der Waals surface area (Å²) < 4.78 is 4.30. The van der Waals surface area contributed by atoms with Gasteiger partial charge in [0.25, 0.3) is 5.95 Å². The fourth-order valence-corrected chi connectivity index (χ4v) is 2.37. The Morgan fingerprint density at radius 1 is 1.24 bits per heavy atom. The van der Waals surface area contributed by atoms with Crippen molar-refractivity contribution in [1.29, 1.82) is 0 Å². The number of rotatable bonds is 3. The number of aryl methyl sites for hydroxylation is 2. The van der Waals surface area contributed by atoms with Crippen molar-refractivity contribution in [3.63, 3.8) is 0 Å². The van der Waals surface area contributed by atoms with Gasteiger partial charge in [0.05, 0.1) is 11.9 Å². The predicted octanol–water partition coefficient (Wildman–Crippen LogP) is 2.73. The minimum absolute atomic E-state index is 0.559. The molecule has 21 heavy (non-hydrogen) atoms. The molecular formula is C14H13BrN6. The minimum atomic E-state index is 0.559. The number of hydrogen-bond donors (Lipinski definition) is 0. The zero-order valence-corrected chi connectivity index (χ0v) is 13.2. The molecule has 0 aliphatic carbocycles. The van der Waals surface area contributed by atoms with E-state index in [-0.39, 0.29) is 0 Å². The molecule has 0 atom stereocenters. The first-order chi connectivity index (χ1) is 10.1. The van der Waals surface area contributed by atoms with Gasteiger partial charge in [-0.25, -0.2) is 4.68 Å². The van der Waals surface area contributed by atoms with Gasteiger partial charge in [0.2, 0.25) is 0 Å². The van der Waals surface area contributed by atoms with E-state index in [2.05, 4.69) is 36.3 Å². The van der Waals surface area contributed by atoms with E-state index in [4.69, 9.17) is 0 Å². The van der Waals surface area contributed by atoms with Gasteiger partial charge in [0.15, 0.2) is 0 Å². The highest BCUT2D eigenvalue weighted by Gasteiger charge is 2.10. The SMILES string of the molecule is Cc1cc(C)n(-c2nncn2N=Cc2ccccc2Br)n1. The van der Waals surface area contributed by atoms with E-state index in [1.807, 2.05) is 44.2 Å². The van der Waals surface area contributed by atoms with E-state index in [0.29, 0.717) is 5.95 Å². The van der Waals surface area contributed by atoms with Crippen LogP contribution in [0.3, 0.4) is 0 Å². The summed E-state index contributed by atoms with van der Waals surface area (Å²) in [4.78, 5) is 0. The van der Waals surface area contributed by atoms with Crippen LogP contribution in [0.4, 0.5) is 0 Å². The Labute approximate surface area is 130 Å². The molecule has 3 rings (SSSR count). The van der Waals surface area contributed by atoms with Crippen LogP contribution in [0.1, 0.15) is 17.0 Å². The Kier molecular flexibility index (Phi) is 3.66. The molecule has 0 aliphatic heterocycles. The Balaban J connectivity index is 1.97. The first kappa shape index (κ1) is 13.7. The van der Waals surface area contributed by atoms with Crippen LogP contribution in [0.25, 0.3) is 5.95 Å². The fourth-order valence-electron chi connectivity index (χ4n) is 1.98. The average Bonchev–Trinajstić information content (AvgIpc) is 3.04. The molecule has 0 spiro atoms. The van der Waals surface area contributed by atoms with Crippen molar-refractivity contribution in [3.05, 3.63) is 58.1 Å². The maximum Gasteiger partial charge on any atom is 0.273 e. The van der Waals surface area contributed by atoms with Crippen molar-refractivity contribution in [1.82, 2.24) is 24.7 Å². The minimum Gasteiger partial charge on any atom is -0.202 e. The third kappa shape index (κ3) is 2.78. The summed E-state index contributed by atoms with van der Waals surface area (Å²) in [6.07, 6.45) is 3.31. The second-order valence-electron chi connectivity index (χ2n) is 4.58. The molecule has 7 heteroatoms. The lowest BCUT2D eigenvalue weighted by Crippen LogP contribution is -2.06. The Morgan fingerprint density at radius 2 is 2.05 bits per heavy atom. The first-order valence-electron chi connectivity index (χ1n) is 6.37. The summed E-state index contributed by atoms with van der Waals surface area (Å²) in [6.45, 7) is 3.91. The number of halogens is 1. The zero-order chi connectivity index (χ0) is 14.8. The van der Waals surface area contributed by atoms with Gasteiger partial charge in [-0.1, -0.05) is 34.1 Å². The lowest BCUT2D eigenvalue weighted by atomic mass is 10.2. The van der Waals surface area contributed by atoms with Crippen molar-refractivity contribution < 1.29 is 0 Å². The van der Waals surface area contributed by atoms with E-state index >= 15 is 0 Å². The normalized spacial score (nSPS) is 11.4. The van der Waals surface area contributed by atoms with Crippen molar-refractivity contribution >= 4 is 22.1 Å². The van der Waals surface area contributed by atoms with Gasteiger partial charge in [-0.2, -0.15) is 14.9 Å². The van der Waals surface area contributed by atoms with E-state index in [1.54, 1.807) is 21.9 Å². The molecule has 0 bridgehead atoms. The van der Waals surface area contributed by atoms with E-state index in [0.717, 1.165) is 21.4 Å². The van der Waals surface area contributed by atoms with Crippen LogP contribution in [-0.4, -0.2) is 30.9 Å². The van der Waals surface area contributed by atoms with Gasteiger partial charge >= 0.3 is 0 Å². The fraction of sp³-hybridized carbons (Fsp3) is 0.143. The molecule has 0 fully saturated rings. The molecule has 0 radical (unpaired) electrons. The van der Waals surface area contributed by atoms with Crippen molar-refractivity contribution in [2.24, 2.45) is 5.10 Å². The molecule has 0 unspecified atom stereocenters. The zero-order valence-electron chi connectivity index (χ0n) is 11.6. The van der Waals surface area contributed by atoms with Crippen molar-refractivity contribution in [3.8, 4) is 5.95 Å². The lowest BCUT2D eigenvalue weighted by Gasteiger charge is -2.02. The Bertz CT molecular complexity index is 801. The third-order valence-corrected chi connectivity index (χ3v) is 3.66. The van der Waals surface area contributed by atoms with Crippen LogP contribution in [0.2, 0.25) is 0 Å². The number of aromatic nitrogens is 5. The smallest absolute Gasteiger partial charge is 0.202 e. The molecule has 6 nitrogen and oxygen atoms in total. The van der Waals surface area contributed by atoms with Crippen molar-refractivity contribution in [2.45, 2.75) is 13.8 Å². The summed E-state index contributed by atoms with van der Waals surface area (Å²) in [5.41, 5.74) is 2.89. The van der Waals surface area contributed by atoms with Gasteiger partial charge < -0.3 is 0 Å². The molecule has 106 valence electrons. The van der Waals surface area contributed by atoms with Gasteiger partial charge in [-0.15, -0.1) is 10.2 Å². The monoisotopic (exact) mass is 344 g/mol. The van der Waals surface area contributed by atoms with Crippen LogP contribution in [0.5, 0.6) is 0 Å². The maximum atomic E-state index is 4.40. The molecule has 1 aromatic carbocycles. The number of benzene rings is 1. The molecule has 0 amide bonds. The van der Waals surface area contributed by atoms with Crippen LogP contribution in [0.15, 0.2) is 46.2 Å². The van der Waals surface area contributed by atoms with Gasteiger partial charge in [0.1, 0.15) is 6.33 Å². The molecule has 0 saturated heterocycles. The lowest BCUT2D eigenvalue weighted by molar-refractivity contribution is 0.717. The maximum absolute atomic E-state index is 4.40. The van der Waals surface area contributed by atoms with Crippen molar-refractivity contribution in [2.75, 3.05) is 0 Å². The predicted molar refractivity (Wildman–Crippen MR) is 83.8 cm³/mol. The topological polar surface area (TPSA) is 60.9 Å². The van der Waals surface area contributed by atoms with Crippen LogP contribution in [0, 0.1) is 13.8 Å². The number of hydrogen-bond acceptors (Lipinski definition) is 4. The second kappa shape index (κ2) is 5.61. The third-order valence-electron chi connectivity index (χ3n) is 2.94. The summed E-state index contributed by atoms with van der Waals surface area (Å²) >= 11 is 3.49. The molecule has 2 heterocycles. The van der Waals surface area contributed by atoms with Crippen LogP contribution in [-0.2, 0) is 0 Å². The molecule has 2 aromatic heterocycles. The van der Waals surface area contributed by atoms with Gasteiger partial charge in [-0.05, 0) is 26.0 Å². The Morgan fingerprint density at radius 3 is 2.76 bits per heavy atom. The van der Waals surface area contributed by atoms with Gasteiger partial charge in [0, 0.05) is 15.7 Å². The van der Waals surface area contributed by atoms with E-state index < -0.39 is 0 Å². The first-order valence-corrected chi connectivity index (χ1v) is 7.17. The molecule has 0 saturated carbocycles. The summed E-state index contributed by atoms with van der Waals surface area (Å²) in [6, 6.07) is 9.84. The number of nitrogens with zero attached hydrogens (tertiary/aromatic N) is 6. The summed E-state index contributed by atoms with van der Waals surface area (Å²) in [5, 5.41) is 16.8. The molecule has 3 aromatic rings. The summed E-state index contributed by atoms with van der Waals surface area (Å²) in [7, 11) is 0.